The molecule has 0 fully saturated rings. The monoisotopic (exact) mass is 259 g/mol. The SMILES string of the molecule is CCN(Cc1ccco1)C(CN)c1ccc(C)nc1. The Morgan fingerprint density at radius 3 is 2.74 bits per heavy atom. The zero-order valence-corrected chi connectivity index (χ0v) is 11.5. The molecule has 0 bridgehead atoms. The van der Waals surface area contributed by atoms with Gasteiger partial charge in [-0.1, -0.05) is 13.0 Å². The lowest BCUT2D eigenvalue weighted by atomic mass is 10.1. The topological polar surface area (TPSA) is 55.3 Å². The number of aromatic nitrogens is 1. The van der Waals surface area contributed by atoms with Gasteiger partial charge < -0.3 is 10.2 Å². The highest BCUT2D eigenvalue weighted by atomic mass is 16.3. The molecular formula is C15H21N3O. The number of hydrogen-bond acceptors (Lipinski definition) is 4. The van der Waals surface area contributed by atoms with Crippen LogP contribution in [0.15, 0.2) is 41.1 Å². The van der Waals surface area contributed by atoms with E-state index < -0.39 is 0 Å². The van der Waals surface area contributed by atoms with Crippen LogP contribution < -0.4 is 5.73 Å². The molecule has 2 rings (SSSR count). The summed E-state index contributed by atoms with van der Waals surface area (Å²) in [6.07, 6.45) is 3.62. The maximum absolute atomic E-state index is 5.95. The minimum absolute atomic E-state index is 0.170. The van der Waals surface area contributed by atoms with Crippen molar-refractivity contribution in [2.45, 2.75) is 26.4 Å². The number of hydrogen-bond donors (Lipinski definition) is 1. The van der Waals surface area contributed by atoms with Crippen LogP contribution >= 0.6 is 0 Å². The van der Waals surface area contributed by atoms with Crippen molar-refractivity contribution in [1.29, 1.82) is 0 Å². The highest BCUT2D eigenvalue weighted by Crippen LogP contribution is 2.21. The minimum atomic E-state index is 0.170. The van der Waals surface area contributed by atoms with E-state index in [0.717, 1.165) is 30.1 Å². The van der Waals surface area contributed by atoms with Crippen LogP contribution in [0.5, 0.6) is 0 Å². The summed E-state index contributed by atoms with van der Waals surface area (Å²) >= 11 is 0. The third kappa shape index (κ3) is 3.43. The van der Waals surface area contributed by atoms with Gasteiger partial charge in [0, 0.05) is 24.5 Å². The summed E-state index contributed by atoms with van der Waals surface area (Å²) in [5.74, 6) is 0.959. The van der Waals surface area contributed by atoms with Crippen LogP contribution in [0.3, 0.4) is 0 Å². The third-order valence-corrected chi connectivity index (χ3v) is 3.33. The maximum atomic E-state index is 5.95. The molecular weight excluding hydrogens is 238 g/mol. The first-order chi connectivity index (χ1) is 9.24. The summed E-state index contributed by atoms with van der Waals surface area (Å²) in [6.45, 7) is 6.36. The van der Waals surface area contributed by atoms with E-state index in [1.807, 2.05) is 31.3 Å². The average molecular weight is 259 g/mol. The highest BCUT2D eigenvalue weighted by molar-refractivity contribution is 5.18. The van der Waals surface area contributed by atoms with Crippen LogP contribution in [0, 0.1) is 6.92 Å². The number of aryl methyl sites for hydroxylation is 1. The van der Waals surface area contributed by atoms with Gasteiger partial charge in [-0.3, -0.25) is 9.88 Å². The van der Waals surface area contributed by atoms with Crippen LogP contribution in [-0.4, -0.2) is 23.0 Å². The summed E-state index contributed by atoms with van der Waals surface area (Å²) in [7, 11) is 0. The quantitative estimate of drug-likeness (QED) is 0.866. The Morgan fingerprint density at radius 1 is 1.37 bits per heavy atom. The molecule has 0 saturated heterocycles. The summed E-state index contributed by atoms with van der Waals surface area (Å²) in [5, 5.41) is 0. The molecule has 0 aromatic carbocycles. The van der Waals surface area contributed by atoms with E-state index in [1.165, 1.54) is 0 Å². The predicted octanol–water partition coefficient (Wildman–Crippen LogP) is 2.50. The van der Waals surface area contributed by atoms with E-state index in [1.54, 1.807) is 6.26 Å². The Labute approximate surface area is 114 Å². The van der Waals surface area contributed by atoms with E-state index in [-0.39, 0.29) is 6.04 Å². The molecule has 4 nitrogen and oxygen atoms in total. The van der Waals surface area contributed by atoms with Gasteiger partial charge in [-0.15, -0.1) is 0 Å². The molecule has 2 aromatic heterocycles. The van der Waals surface area contributed by atoms with E-state index in [9.17, 15) is 0 Å². The van der Waals surface area contributed by atoms with Crippen molar-refractivity contribution in [3.63, 3.8) is 0 Å². The zero-order chi connectivity index (χ0) is 13.7. The van der Waals surface area contributed by atoms with Gasteiger partial charge in [-0.25, -0.2) is 0 Å². The summed E-state index contributed by atoms with van der Waals surface area (Å²) in [5.41, 5.74) is 8.12. The van der Waals surface area contributed by atoms with Gasteiger partial charge in [0.1, 0.15) is 5.76 Å². The molecule has 0 aliphatic carbocycles. The van der Waals surface area contributed by atoms with E-state index in [4.69, 9.17) is 10.2 Å². The van der Waals surface area contributed by atoms with Crippen LogP contribution in [0.2, 0.25) is 0 Å². The third-order valence-electron chi connectivity index (χ3n) is 3.33. The molecule has 19 heavy (non-hydrogen) atoms. The fraction of sp³-hybridized carbons (Fsp3) is 0.400. The molecule has 4 heteroatoms. The van der Waals surface area contributed by atoms with Crippen LogP contribution in [0.25, 0.3) is 0 Å². The van der Waals surface area contributed by atoms with Crippen molar-refractivity contribution in [3.8, 4) is 0 Å². The second kappa shape index (κ2) is 6.50. The first-order valence-electron chi connectivity index (χ1n) is 6.63. The number of likely N-dealkylation sites (N-methyl/N-ethyl adjacent to an activating group) is 1. The number of nitrogens with two attached hydrogens (primary N) is 1. The van der Waals surface area contributed by atoms with Gasteiger partial charge in [0.25, 0.3) is 0 Å². The second-order valence-electron chi connectivity index (χ2n) is 4.63. The zero-order valence-electron chi connectivity index (χ0n) is 11.5. The van der Waals surface area contributed by atoms with Gasteiger partial charge in [-0.05, 0) is 37.2 Å². The lowest BCUT2D eigenvalue weighted by Crippen LogP contribution is -2.33. The van der Waals surface area contributed by atoms with Gasteiger partial charge in [-0.2, -0.15) is 0 Å². The maximum Gasteiger partial charge on any atom is 0.117 e. The van der Waals surface area contributed by atoms with Crippen molar-refractivity contribution >= 4 is 0 Å². The molecule has 1 atom stereocenters. The molecule has 1 unspecified atom stereocenters. The lowest BCUT2D eigenvalue weighted by Gasteiger charge is -2.29. The fourth-order valence-electron chi connectivity index (χ4n) is 2.22. The number of nitrogens with zero attached hydrogens (tertiary/aromatic N) is 2. The van der Waals surface area contributed by atoms with Crippen molar-refractivity contribution in [2.75, 3.05) is 13.1 Å². The second-order valence-corrected chi connectivity index (χ2v) is 4.63. The van der Waals surface area contributed by atoms with Crippen LogP contribution in [0.4, 0.5) is 0 Å². The highest BCUT2D eigenvalue weighted by Gasteiger charge is 2.19. The smallest absolute Gasteiger partial charge is 0.117 e. The summed E-state index contributed by atoms with van der Waals surface area (Å²) < 4.78 is 5.42. The fourth-order valence-corrected chi connectivity index (χ4v) is 2.22. The molecule has 0 amide bonds. The minimum Gasteiger partial charge on any atom is -0.468 e. The van der Waals surface area contributed by atoms with Gasteiger partial charge in [0.05, 0.1) is 12.8 Å². The Kier molecular flexibility index (Phi) is 4.71. The Morgan fingerprint density at radius 2 is 2.21 bits per heavy atom. The number of furan rings is 1. The molecule has 0 aliphatic rings. The standard InChI is InChI=1S/C15H21N3O/c1-3-18(11-14-5-4-8-19-14)15(9-16)13-7-6-12(2)17-10-13/h4-8,10,15H,3,9,11,16H2,1-2H3. The van der Waals surface area contributed by atoms with Crippen molar-refractivity contribution < 1.29 is 4.42 Å². The number of pyridine rings is 1. The van der Waals surface area contributed by atoms with E-state index >= 15 is 0 Å². The molecule has 0 radical (unpaired) electrons. The van der Waals surface area contributed by atoms with Crippen molar-refractivity contribution in [3.05, 3.63) is 53.7 Å². The Bertz CT molecular complexity index is 479. The largest absolute Gasteiger partial charge is 0.468 e. The van der Waals surface area contributed by atoms with Crippen LogP contribution in [-0.2, 0) is 6.54 Å². The van der Waals surface area contributed by atoms with E-state index in [0.29, 0.717) is 6.54 Å². The molecule has 2 N–H and O–H groups in total. The molecule has 2 aromatic rings. The lowest BCUT2D eigenvalue weighted by molar-refractivity contribution is 0.187. The first kappa shape index (κ1) is 13.8. The normalized spacial score (nSPS) is 12.8. The first-order valence-corrected chi connectivity index (χ1v) is 6.63. The molecule has 102 valence electrons. The average Bonchev–Trinajstić information content (AvgIpc) is 2.93. The predicted molar refractivity (Wildman–Crippen MR) is 75.6 cm³/mol. The van der Waals surface area contributed by atoms with Crippen LogP contribution in [0.1, 0.15) is 30.0 Å². The van der Waals surface area contributed by atoms with E-state index in [2.05, 4.69) is 22.9 Å². The molecule has 0 spiro atoms. The Balaban J connectivity index is 2.16. The summed E-state index contributed by atoms with van der Waals surface area (Å²) in [6, 6.07) is 8.20. The molecule has 0 aliphatic heterocycles. The van der Waals surface area contributed by atoms with Crippen molar-refractivity contribution in [2.24, 2.45) is 5.73 Å². The van der Waals surface area contributed by atoms with Gasteiger partial charge in [0.15, 0.2) is 0 Å². The Hall–Kier alpha value is -1.65. The van der Waals surface area contributed by atoms with Crippen molar-refractivity contribution in [1.82, 2.24) is 9.88 Å². The van der Waals surface area contributed by atoms with Gasteiger partial charge in [0.2, 0.25) is 0 Å². The summed E-state index contributed by atoms with van der Waals surface area (Å²) in [4.78, 5) is 6.65. The number of rotatable bonds is 6. The molecule has 2 heterocycles. The molecule has 0 saturated carbocycles. The van der Waals surface area contributed by atoms with Gasteiger partial charge >= 0.3 is 0 Å².